The Labute approximate surface area is 183 Å². The molecule has 27 heavy (non-hydrogen) atoms. The Hall–Kier alpha value is -1.48. The molecule has 1 atom stereocenters. The molecule has 0 saturated carbocycles. The van der Waals surface area contributed by atoms with Crippen LogP contribution in [0.2, 0.25) is 0 Å². The van der Waals surface area contributed by atoms with Gasteiger partial charge in [-0.3, -0.25) is 4.99 Å². The van der Waals surface area contributed by atoms with E-state index in [1.807, 2.05) is 23.5 Å². The van der Waals surface area contributed by atoms with Gasteiger partial charge in [-0.2, -0.15) is 0 Å². The molecule has 0 aliphatic heterocycles. The van der Waals surface area contributed by atoms with Crippen LogP contribution in [0.5, 0.6) is 11.5 Å². The molecule has 0 spiro atoms. The highest BCUT2D eigenvalue weighted by Gasteiger charge is 2.08. The van der Waals surface area contributed by atoms with Crippen molar-refractivity contribution in [1.29, 1.82) is 0 Å². The minimum Gasteiger partial charge on any atom is -0.493 e. The molecule has 1 aromatic heterocycles. The zero-order valence-electron chi connectivity index (χ0n) is 16.7. The molecule has 0 aliphatic rings. The summed E-state index contributed by atoms with van der Waals surface area (Å²) in [5.41, 5.74) is 1.19. The van der Waals surface area contributed by atoms with Crippen molar-refractivity contribution in [2.24, 2.45) is 4.99 Å². The van der Waals surface area contributed by atoms with Gasteiger partial charge in [-0.25, -0.2) is 0 Å². The van der Waals surface area contributed by atoms with E-state index in [1.54, 1.807) is 21.3 Å². The average Bonchev–Trinajstić information content (AvgIpc) is 3.05. The van der Waals surface area contributed by atoms with Crippen LogP contribution in [0.4, 0.5) is 0 Å². The maximum absolute atomic E-state index is 5.36. The van der Waals surface area contributed by atoms with Gasteiger partial charge in [0.25, 0.3) is 0 Å². The summed E-state index contributed by atoms with van der Waals surface area (Å²) in [6.45, 7) is 5.11. The monoisotopic (exact) mass is 503 g/mol. The zero-order valence-corrected chi connectivity index (χ0v) is 19.8. The van der Waals surface area contributed by atoms with Crippen molar-refractivity contribution in [3.63, 3.8) is 0 Å². The average molecular weight is 503 g/mol. The smallest absolute Gasteiger partial charge is 0.191 e. The molecule has 1 unspecified atom stereocenters. The van der Waals surface area contributed by atoms with Gasteiger partial charge in [-0.05, 0) is 50.1 Å². The van der Waals surface area contributed by atoms with Gasteiger partial charge in [0.05, 0.1) is 14.2 Å². The minimum atomic E-state index is 0. The van der Waals surface area contributed by atoms with Crippen molar-refractivity contribution in [3.8, 4) is 11.5 Å². The normalized spacial score (nSPS) is 12.1. The van der Waals surface area contributed by atoms with Gasteiger partial charge in [0.15, 0.2) is 17.5 Å². The molecule has 150 valence electrons. The van der Waals surface area contributed by atoms with Gasteiger partial charge in [0.2, 0.25) is 0 Å². The largest absolute Gasteiger partial charge is 0.493 e. The fourth-order valence-corrected chi connectivity index (χ4v) is 3.76. The first-order chi connectivity index (χ1) is 12.5. The summed E-state index contributed by atoms with van der Waals surface area (Å²) < 4.78 is 10.6. The fraction of sp³-hybridized carbons (Fsp3) is 0.450. The molecule has 0 saturated heterocycles. The molecule has 5 nitrogen and oxygen atoms in total. The van der Waals surface area contributed by atoms with Gasteiger partial charge in [0.1, 0.15) is 0 Å². The number of hydrogen-bond acceptors (Lipinski definition) is 4. The van der Waals surface area contributed by atoms with Crippen LogP contribution >= 0.6 is 35.3 Å². The molecule has 0 bridgehead atoms. The van der Waals surface area contributed by atoms with Crippen molar-refractivity contribution >= 4 is 41.3 Å². The topological polar surface area (TPSA) is 54.9 Å². The maximum atomic E-state index is 5.36. The SMILES string of the molecule is CN=C(NCCc1ccc(OC)c(OC)c1)NC(C)Cc1ccc(C)s1.I. The van der Waals surface area contributed by atoms with Crippen LogP contribution in [0.25, 0.3) is 0 Å². The number of aryl methyl sites for hydroxylation is 1. The molecule has 2 aromatic rings. The number of hydrogen-bond donors (Lipinski definition) is 2. The molecule has 0 aliphatic carbocycles. The van der Waals surface area contributed by atoms with Crippen LogP contribution in [0.15, 0.2) is 35.3 Å². The highest BCUT2D eigenvalue weighted by molar-refractivity contribution is 14.0. The summed E-state index contributed by atoms with van der Waals surface area (Å²) in [5, 5.41) is 6.83. The number of nitrogens with one attached hydrogen (secondary N) is 2. The van der Waals surface area contributed by atoms with Gasteiger partial charge >= 0.3 is 0 Å². The van der Waals surface area contributed by atoms with E-state index in [-0.39, 0.29) is 24.0 Å². The number of halogens is 1. The summed E-state index contributed by atoms with van der Waals surface area (Å²) in [7, 11) is 5.10. The lowest BCUT2D eigenvalue weighted by molar-refractivity contribution is 0.354. The summed E-state index contributed by atoms with van der Waals surface area (Å²) >= 11 is 1.85. The number of methoxy groups -OCH3 is 2. The molecule has 1 aromatic carbocycles. The van der Waals surface area contributed by atoms with Crippen molar-refractivity contribution in [3.05, 3.63) is 45.6 Å². The molecule has 1 heterocycles. The number of nitrogens with zero attached hydrogens (tertiary/aromatic N) is 1. The molecular formula is C20H30IN3O2S. The van der Waals surface area contributed by atoms with Gasteiger partial charge in [-0.15, -0.1) is 35.3 Å². The van der Waals surface area contributed by atoms with Crippen molar-refractivity contribution in [1.82, 2.24) is 10.6 Å². The predicted molar refractivity (Wildman–Crippen MR) is 125 cm³/mol. The van der Waals surface area contributed by atoms with Crippen molar-refractivity contribution in [2.75, 3.05) is 27.8 Å². The third-order valence-electron chi connectivity index (χ3n) is 4.06. The van der Waals surface area contributed by atoms with Crippen LogP contribution in [-0.4, -0.2) is 39.8 Å². The lowest BCUT2D eigenvalue weighted by atomic mass is 10.1. The Bertz CT molecular complexity index is 734. The Morgan fingerprint density at radius 2 is 1.89 bits per heavy atom. The maximum Gasteiger partial charge on any atom is 0.191 e. The van der Waals surface area contributed by atoms with E-state index in [0.29, 0.717) is 6.04 Å². The second-order valence-electron chi connectivity index (χ2n) is 6.20. The number of aliphatic imine (C=N–C) groups is 1. The van der Waals surface area contributed by atoms with Crippen LogP contribution in [-0.2, 0) is 12.8 Å². The third-order valence-corrected chi connectivity index (χ3v) is 5.09. The number of rotatable bonds is 8. The summed E-state index contributed by atoms with van der Waals surface area (Å²) in [5.74, 6) is 2.33. The first-order valence-electron chi connectivity index (χ1n) is 8.79. The van der Waals surface area contributed by atoms with E-state index in [1.165, 1.54) is 15.3 Å². The number of benzene rings is 1. The van der Waals surface area contributed by atoms with E-state index in [4.69, 9.17) is 9.47 Å². The second kappa shape index (κ2) is 12.1. The van der Waals surface area contributed by atoms with E-state index < -0.39 is 0 Å². The van der Waals surface area contributed by atoms with Gasteiger partial charge in [-0.1, -0.05) is 6.07 Å². The van der Waals surface area contributed by atoms with E-state index in [2.05, 4.69) is 47.7 Å². The van der Waals surface area contributed by atoms with Crippen molar-refractivity contribution in [2.45, 2.75) is 32.7 Å². The van der Waals surface area contributed by atoms with Gasteiger partial charge < -0.3 is 20.1 Å². The molecule has 0 fully saturated rings. The molecule has 7 heteroatoms. The summed E-state index contributed by atoms with van der Waals surface area (Å²) in [6.07, 6.45) is 1.87. The second-order valence-corrected chi connectivity index (χ2v) is 7.57. The quantitative estimate of drug-likeness (QED) is 0.325. The molecular weight excluding hydrogens is 473 g/mol. The first kappa shape index (κ1) is 23.6. The van der Waals surface area contributed by atoms with Crippen LogP contribution < -0.4 is 20.1 Å². The van der Waals surface area contributed by atoms with Crippen molar-refractivity contribution < 1.29 is 9.47 Å². The predicted octanol–water partition coefficient (Wildman–Crippen LogP) is 4.03. The first-order valence-corrected chi connectivity index (χ1v) is 9.60. The number of thiophene rings is 1. The minimum absolute atomic E-state index is 0. The highest BCUT2D eigenvalue weighted by atomic mass is 127. The number of guanidine groups is 1. The van der Waals surface area contributed by atoms with Crippen LogP contribution in [0.1, 0.15) is 22.2 Å². The molecule has 2 rings (SSSR count). The lowest BCUT2D eigenvalue weighted by Crippen LogP contribution is -2.43. The zero-order chi connectivity index (χ0) is 18.9. The van der Waals surface area contributed by atoms with Crippen LogP contribution in [0.3, 0.4) is 0 Å². The Morgan fingerprint density at radius 1 is 1.15 bits per heavy atom. The standard InChI is InChI=1S/C20H29N3O2S.HI/c1-14(12-17-8-6-15(2)26-17)23-20(21-3)22-11-10-16-7-9-18(24-4)19(13-16)25-5;/h6-9,13-14H,10-12H2,1-5H3,(H2,21,22,23);1H. The number of ether oxygens (including phenoxy) is 2. The molecule has 0 radical (unpaired) electrons. The molecule has 2 N–H and O–H groups in total. The van der Waals surface area contributed by atoms with E-state index >= 15 is 0 Å². The van der Waals surface area contributed by atoms with Gasteiger partial charge in [0, 0.05) is 35.8 Å². The summed E-state index contributed by atoms with van der Waals surface area (Å²) in [4.78, 5) is 7.06. The Kier molecular flexibility index (Phi) is 10.5. The highest BCUT2D eigenvalue weighted by Crippen LogP contribution is 2.27. The third kappa shape index (κ3) is 7.57. The fourth-order valence-electron chi connectivity index (χ4n) is 2.74. The molecule has 0 amide bonds. The Balaban J connectivity index is 0.00000364. The van der Waals surface area contributed by atoms with E-state index in [0.717, 1.165) is 36.8 Å². The summed E-state index contributed by atoms with van der Waals surface area (Å²) in [6, 6.07) is 10.7. The lowest BCUT2D eigenvalue weighted by Gasteiger charge is -2.17. The van der Waals surface area contributed by atoms with Crippen LogP contribution in [0, 0.1) is 6.92 Å². The van der Waals surface area contributed by atoms with E-state index in [9.17, 15) is 0 Å². The Morgan fingerprint density at radius 3 is 2.48 bits per heavy atom.